The number of hydrogen-bond donors (Lipinski definition) is 1. The van der Waals surface area contributed by atoms with Gasteiger partial charge >= 0.3 is 0 Å². The molecule has 1 aromatic carbocycles. The molecule has 1 N–H and O–H groups in total. The molecule has 0 aliphatic carbocycles. The molecule has 0 saturated carbocycles. The summed E-state index contributed by atoms with van der Waals surface area (Å²) in [6.07, 6.45) is 0. The molecule has 2 rings (SSSR count). The fourth-order valence-electron chi connectivity index (χ4n) is 1.52. The van der Waals surface area contributed by atoms with Gasteiger partial charge in [-0.25, -0.2) is 0 Å². The standard InChI is InChI=1S/C11H10BrNO/c1-6-7(2)11(14)13-10-4-3-8(12)5-9(6)10/h3-5H,1-2H3,(H,13,14). The molecule has 0 amide bonds. The molecule has 0 atom stereocenters. The molecule has 0 aliphatic rings. The molecule has 0 fully saturated rings. The van der Waals surface area contributed by atoms with Crippen LogP contribution in [-0.4, -0.2) is 4.98 Å². The van der Waals surface area contributed by atoms with Crippen molar-refractivity contribution in [3.05, 3.63) is 44.2 Å². The van der Waals surface area contributed by atoms with Gasteiger partial charge in [0.15, 0.2) is 0 Å². The smallest absolute Gasteiger partial charge is 0.251 e. The molecule has 0 saturated heterocycles. The number of halogens is 1. The molecule has 72 valence electrons. The summed E-state index contributed by atoms with van der Waals surface area (Å²) < 4.78 is 1.03. The highest BCUT2D eigenvalue weighted by Crippen LogP contribution is 2.21. The molecule has 0 aliphatic heterocycles. The lowest BCUT2D eigenvalue weighted by Gasteiger charge is -2.05. The van der Waals surface area contributed by atoms with Crippen LogP contribution >= 0.6 is 15.9 Å². The molecule has 1 aromatic heterocycles. The number of aromatic amines is 1. The van der Waals surface area contributed by atoms with E-state index in [0.717, 1.165) is 26.5 Å². The summed E-state index contributed by atoms with van der Waals surface area (Å²) >= 11 is 3.42. The maximum atomic E-state index is 11.5. The third-order valence-electron chi connectivity index (χ3n) is 2.54. The van der Waals surface area contributed by atoms with Crippen LogP contribution in [0.4, 0.5) is 0 Å². The summed E-state index contributed by atoms with van der Waals surface area (Å²) in [7, 11) is 0. The second-order valence-corrected chi connectivity index (χ2v) is 4.31. The maximum Gasteiger partial charge on any atom is 0.251 e. The Balaban J connectivity index is 2.99. The summed E-state index contributed by atoms with van der Waals surface area (Å²) in [6.45, 7) is 3.81. The number of rotatable bonds is 0. The fraction of sp³-hybridized carbons (Fsp3) is 0.182. The first-order valence-electron chi connectivity index (χ1n) is 4.38. The molecular formula is C11H10BrNO. The van der Waals surface area contributed by atoms with E-state index in [9.17, 15) is 4.79 Å². The highest BCUT2D eigenvalue weighted by atomic mass is 79.9. The van der Waals surface area contributed by atoms with Gasteiger partial charge in [-0.05, 0) is 37.6 Å². The number of hydrogen-bond acceptors (Lipinski definition) is 1. The topological polar surface area (TPSA) is 32.9 Å². The van der Waals surface area contributed by atoms with Crippen molar-refractivity contribution in [3.63, 3.8) is 0 Å². The molecule has 0 radical (unpaired) electrons. The monoisotopic (exact) mass is 251 g/mol. The van der Waals surface area contributed by atoms with E-state index in [4.69, 9.17) is 0 Å². The number of aryl methyl sites for hydroxylation is 1. The van der Waals surface area contributed by atoms with E-state index in [1.165, 1.54) is 0 Å². The Morgan fingerprint density at radius 3 is 2.64 bits per heavy atom. The molecule has 0 spiro atoms. The Labute approximate surface area is 90.1 Å². The Morgan fingerprint density at radius 2 is 1.93 bits per heavy atom. The van der Waals surface area contributed by atoms with Gasteiger partial charge in [0, 0.05) is 20.9 Å². The zero-order valence-electron chi connectivity index (χ0n) is 8.02. The van der Waals surface area contributed by atoms with E-state index in [1.807, 2.05) is 32.0 Å². The van der Waals surface area contributed by atoms with Crippen LogP contribution in [0.25, 0.3) is 10.9 Å². The van der Waals surface area contributed by atoms with Crippen LogP contribution in [0.1, 0.15) is 11.1 Å². The predicted molar refractivity (Wildman–Crippen MR) is 61.7 cm³/mol. The maximum absolute atomic E-state index is 11.5. The normalized spacial score (nSPS) is 10.8. The van der Waals surface area contributed by atoms with Crippen LogP contribution in [0.3, 0.4) is 0 Å². The molecule has 1 heterocycles. The van der Waals surface area contributed by atoms with Gasteiger partial charge in [-0.15, -0.1) is 0 Å². The second-order valence-electron chi connectivity index (χ2n) is 3.39. The highest BCUT2D eigenvalue weighted by molar-refractivity contribution is 9.10. The summed E-state index contributed by atoms with van der Waals surface area (Å²) in [5.41, 5.74) is 2.72. The van der Waals surface area contributed by atoms with Crippen molar-refractivity contribution in [2.75, 3.05) is 0 Å². The molecule has 2 aromatic rings. The first kappa shape index (κ1) is 9.46. The van der Waals surface area contributed by atoms with Gasteiger partial charge in [-0.2, -0.15) is 0 Å². The van der Waals surface area contributed by atoms with Gasteiger partial charge in [0.2, 0.25) is 0 Å². The van der Waals surface area contributed by atoms with Gasteiger partial charge in [0.25, 0.3) is 5.56 Å². The molecular weight excluding hydrogens is 242 g/mol. The summed E-state index contributed by atoms with van der Waals surface area (Å²) in [5.74, 6) is 0. The fourth-order valence-corrected chi connectivity index (χ4v) is 1.89. The van der Waals surface area contributed by atoms with Crippen molar-refractivity contribution in [3.8, 4) is 0 Å². The van der Waals surface area contributed by atoms with Gasteiger partial charge in [-0.3, -0.25) is 4.79 Å². The van der Waals surface area contributed by atoms with Crippen molar-refractivity contribution in [1.29, 1.82) is 0 Å². The lowest BCUT2D eigenvalue weighted by atomic mass is 10.1. The number of aromatic nitrogens is 1. The zero-order chi connectivity index (χ0) is 10.3. The van der Waals surface area contributed by atoms with Crippen LogP contribution in [-0.2, 0) is 0 Å². The minimum atomic E-state index is -0.00248. The van der Waals surface area contributed by atoms with Crippen LogP contribution in [0.5, 0.6) is 0 Å². The average Bonchev–Trinajstić information content (AvgIpc) is 2.16. The number of pyridine rings is 1. The molecule has 0 unspecified atom stereocenters. The largest absolute Gasteiger partial charge is 0.322 e. The molecule has 3 heteroatoms. The van der Waals surface area contributed by atoms with E-state index < -0.39 is 0 Å². The lowest BCUT2D eigenvalue weighted by molar-refractivity contribution is 1.20. The molecule has 14 heavy (non-hydrogen) atoms. The Kier molecular flexibility index (Phi) is 2.19. The van der Waals surface area contributed by atoms with Crippen molar-refractivity contribution in [2.45, 2.75) is 13.8 Å². The third-order valence-corrected chi connectivity index (χ3v) is 3.03. The van der Waals surface area contributed by atoms with E-state index in [1.54, 1.807) is 0 Å². The Morgan fingerprint density at radius 1 is 1.21 bits per heavy atom. The van der Waals surface area contributed by atoms with Crippen LogP contribution in [0, 0.1) is 13.8 Å². The van der Waals surface area contributed by atoms with Crippen molar-refractivity contribution in [1.82, 2.24) is 4.98 Å². The second kappa shape index (κ2) is 3.24. The van der Waals surface area contributed by atoms with E-state index in [0.29, 0.717) is 0 Å². The summed E-state index contributed by atoms with van der Waals surface area (Å²) in [4.78, 5) is 14.3. The minimum absolute atomic E-state index is 0.00248. The van der Waals surface area contributed by atoms with E-state index in [-0.39, 0.29) is 5.56 Å². The van der Waals surface area contributed by atoms with Crippen LogP contribution < -0.4 is 5.56 Å². The number of H-pyrrole nitrogens is 1. The molecule has 2 nitrogen and oxygen atoms in total. The van der Waals surface area contributed by atoms with E-state index in [2.05, 4.69) is 20.9 Å². The summed E-state index contributed by atoms with van der Waals surface area (Å²) in [6, 6.07) is 5.86. The quantitative estimate of drug-likeness (QED) is 0.768. The van der Waals surface area contributed by atoms with Crippen molar-refractivity contribution < 1.29 is 0 Å². The first-order chi connectivity index (χ1) is 6.59. The van der Waals surface area contributed by atoms with Gasteiger partial charge in [0.05, 0.1) is 0 Å². The minimum Gasteiger partial charge on any atom is -0.322 e. The van der Waals surface area contributed by atoms with Crippen molar-refractivity contribution in [2.24, 2.45) is 0 Å². The predicted octanol–water partition coefficient (Wildman–Crippen LogP) is 2.91. The highest BCUT2D eigenvalue weighted by Gasteiger charge is 2.04. The Hall–Kier alpha value is -1.09. The number of benzene rings is 1. The molecule has 0 bridgehead atoms. The number of nitrogens with one attached hydrogen (secondary N) is 1. The van der Waals surface area contributed by atoms with Gasteiger partial charge in [-0.1, -0.05) is 15.9 Å². The average molecular weight is 252 g/mol. The zero-order valence-corrected chi connectivity index (χ0v) is 9.60. The van der Waals surface area contributed by atoms with Gasteiger partial charge < -0.3 is 4.98 Å². The van der Waals surface area contributed by atoms with E-state index >= 15 is 0 Å². The SMILES string of the molecule is Cc1c(C)c2cc(Br)ccc2[nH]c1=O. The third kappa shape index (κ3) is 1.38. The lowest BCUT2D eigenvalue weighted by Crippen LogP contribution is -2.11. The summed E-state index contributed by atoms with van der Waals surface area (Å²) in [5, 5.41) is 1.09. The van der Waals surface area contributed by atoms with Crippen LogP contribution in [0.2, 0.25) is 0 Å². The van der Waals surface area contributed by atoms with Crippen LogP contribution in [0.15, 0.2) is 27.5 Å². The Bertz CT molecular complexity index is 557. The number of fused-ring (bicyclic) bond motifs is 1. The van der Waals surface area contributed by atoms with Gasteiger partial charge in [0.1, 0.15) is 0 Å². The van der Waals surface area contributed by atoms with Crippen molar-refractivity contribution >= 4 is 26.8 Å². The first-order valence-corrected chi connectivity index (χ1v) is 5.17.